The van der Waals surface area contributed by atoms with E-state index in [0.717, 1.165) is 0 Å². The van der Waals surface area contributed by atoms with Crippen molar-refractivity contribution in [3.8, 4) is 0 Å². The minimum atomic E-state index is -0.478. The van der Waals surface area contributed by atoms with Crippen LogP contribution >= 0.6 is 0 Å². The number of carbonyl (C=O) groups excluding carboxylic acids is 2. The van der Waals surface area contributed by atoms with Gasteiger partial charge in [0.15, 0.2) is 0 Å². The number of hydrogen-bond donors (Lipinski definition) is 1. The molecule has 0 saturated carbocycles. The van der Waals surface area contributed by atoms with Crippen LogP contribution in [0.3, 0.4) is 0 Å². The van der Waals surface area contributed by atoms with Crippen molar-refractivity contribution in [3.05, 3.63) is 46.0 Å². The van der Waals surface area contributed by atoms with Gasteiger partial charge in [-0.25, -0.2) is 0 Å². The number of non-ortho nitro benzene ring substituents is 1. The molecule has 0 bridgehead atoms. The number of likely N-dealkylation sites (tertiary alicyclic amines) is 1. The molecule has 7 nitrogen and oxygen atoms in total. The van der Waals surface area contributed by atoms with Crippen molar-refractivity contribution < 1.29 is 14.5 Å². The predicted molar refractivity (Wildman–Crippen MR) is 80.6 cm³/mol. The number of primary amides is 1. The number of benzene rings is 1. The molecule has 0 aliphatic carbocycles. The molecular formula is C15H17N3O4. The smallest absolute Gasteiger partial charge is 0.270 e. The van der Waals surface area contributed by atoms with Crippen LogP contribution in [0.15, 0.2) is 30.3 Å². The minimum absolute atomic E-state index is 0.0168. The molecule has 0 atom stereocenters. The van der Waals surface area contributed by atoms with Gasteiger partial charge in [-0.2, -0.15) is 0 Å². The molecule has 7 heteroatoms. The lowest BCUT2D eigenvalue weighted by Crippen LogP contribution is -2.41. The Morgan fingerprint density at radius 2 is 2.00 bits per heavy atom. The Morgan fingerprint density at radius 1 is 1.32 bits per heavy atom. The van der Waals surface area contributed by atoms with Crippen LogP contribution in [0.1, 0.15) is 18.4 Å². The SMILES string of the molecule is NC(=O)C1CCN(C(=O)C=Cc2cccc([N+](=O)[O-])c2)CC1. The fourth-order valence-corrected chi connectivity index (χ4v) is 2.40. The van der Waals surface area contributed by atoms with Crippen LogP contribution in [0.4, 0.5) is 5.69 Å². The van der Waals surface area contributed by atoms with E-state index in [9.17, 15) is 19.7 Å². The molecule has 2 N–H and O–H groups in total. The van der Waals surface area contributed by atoms with E-state index < -0.39 is 4.92 Å². The van der Waals surface area contributed by atoms with Gasteiger partial charge in [0.05, 0.1) is 4.92 Å². The molecule has 1 heterocycles. The summed E-state index contributed by atoms with van der Waals surface area (Å²) in [7, 11) is 0. The molecule has 0 spiro atoms. The van der Waals surface area contributed by atoms with Crippen molar-refractivity contribution in [1.82, 2.24) is 4.90 Å². The van der Waals surface area contributed by atoms with Crippen LogP contribution in [0.5, 0.6) is 0 Å². The maximum atomic E-state index is 12.1. The van der Waals surface area contributed by atoms with E-state index in [2.05, 4.69) is 0 Å². The lowest BCUT2D eigenvalue weighted by atomic mass is 9.96. The first-order valence-corrected chi connectivity index (χ1v) is 6.98. The van der Waals surface area contributed by atoms with Crippen molar-refractivity contribution >= 4 is 23.6 Å². The average Bonchev–Trinajstić information content (AvgIpc) is 2.53. The number of rotatable bonds is 4. The van der Waals surface area contributed by atoms with Crippen LogP contribution in [-0.2, 0) is 9.59 Å². The first-order chi connectivity index (χ1) is 10.5. The molecular weight excluding hydrogens is 286 g/mol. The van der Waals surface area contributed by atoms with Gasteiger partial charge in [0.1, 0.15) is 0 Å². The van der Waals surface area contributed by atoms with E-state index in [4.69, 9.17) is 5.73 Å². The van der Waals surface area contributed by atoms with E-state index in [1.54, 1.807) is 23.1 Å². The van der Waals surface area contributed by atoms with Gasteiger partial charge >= 0.3 is 0 Å². The molecule has 1 saturated heterocycles. The molecule has 1 aromatic rings. The van der Waals surface area contributed by atoms with Crippen molar-refractivity contribution in [2.45, 2.75) is 12.8 Å². The second-order valence-corrected chi connectivity index (χ2v) is 5.19. The topological polar surface area (TPSA) is 107 Å². The summed E-state index contributed by atoms with van der Waals surface area (Å²) in [6.45, 7) is 0.984. The minimum Gasteiger partial charge on any atom is -0.369 e. The Morgan fingerprint density at radius 3 is 2.59 bits per heavy atom. The molecule has 22 heavy (non-hydrogen) atoms. The highest BCUT2D eigenvalue weighted by Gasteiger charge is 2.24. The average molecular weight is 303 g/mol. The van der Waals surface area contributed by atoms with E-state index >= 15 is 0 Å². The lowest BCUT2D eigenvalue weighted by molar-refractivity contribution is -0.384. The highest BCUT2D eigenvalue weighted by Crippen LogP contribution is 2.18. The molecule has 2 amide bonds. The third-order valence-electron chi connectivity index (χ3n) is 3.71. The zero-order chi connectivity index (χ0) is 16.1. The summed E-state index contributed by atoms with van der Waals surface area (Å²) in [5.41, 5.74) is 5.83. The first kappa shape index (κ1) is 15.7. The Kier molecular flexibility index (Phi) is 4.88. The van der Waals surface area contributed by atoms with Crippen LogP contribution in [-0.4, -0.2) is 34.7 Å². The van der Waals surface area contributed by atoms with Crippen molar-refractivity contribution in [3.63, 3.8) is 0 Å². The van der Waals surface area contributed by atoms with Crippen molar-refractivity contribution in [1.29, 1.82) is 0 Å². The summed E-state index contributed by atoms with van der Waals surface area (Å²) in [5.74, 6) is -0.654. The summed E-state index contributed by atoms with van der Waals surface area (Å²) < 4.78 is 0. The van der Waals surface area contributed by atoms with E-state index in [1.807, 2.05) is 0 Å². The normalized spacial score (nSPS) is 15.9. The maximum Gasteiger partial charge on any atom is 0.270 e. The van der Waals surface area contributed by atoms with E-state index in [1.165, 1.54) is 18.2 Å². The van der Waals surface area contributed by atoms with Crippen LogP contribution in [0, 0.1) is 16.0 Å². The Balaban J connectivity index is 1.96. The number of amides is 2. The number of piperidine rings is 1. The van der Waals surface area contributed by atoms with Gasteiger partial charge in [0.2, 0.25) is 11.8 Å². The molecule has 1 fully saturated rings. The second-order valence-electron chi connectivity index (χ2n) is 5.19. The molecule has 116 valence electrons. The van der Waals surface area contributed by atoms with Gasteiger partial charge in [0.25, 0.3) is 5.69 Å². The first-order valence-electron chi connectivity index (χ1n) is 6.98. The van der Waals surface area contributed by atoms with Gasteiger partial charge in [-0.1, -0.05) is 12.1 Å². The fraction of sp³-hybridized carbons (Fsp3) is 0.333. The van der Waals surface area contributed by atoms with Gasteiger partial charge in [-0.05, 0) is 24.5 Å². The number of carbonyl (C=O) groups is 2. The predicted octanol–water partition coefficient (Wildman–Crippen LogP) is 1.33. The summed E-state index contributed by atoms with van der Waals surface area (Å²) in [4.78, 5) is 35.0. The summed E-state index contributed by atoms with van der Waals surface area (Å²) in [6.07, 6.45) is 4.09. The molecule has 0 unspecified atom stereocenters. The summed E-state index contributed by atoms with van der Waals surface area (Å²) >= 11 is 0. The third-order valence-corrected chi connectivity index (χ3v) is 3.71. The number of nitro groups is 1. The van der Waals surface area contributed by atoms with Gasteiger partial charge in [0, 0.05) is 37.2 Å². The van der Waals surface area contributed by atoms with E-state index in [-0.39, 0.29) is 23.4 Å². The zero-order valence-corrected chi connectivity index (χ0v) is 12.0. The number of hydrogen-bond acceptors (Lipinski definition) is 4. The molecule has 1 aliphatic rings. The summed E-state index contributed by atoms with van der Waals surface area (Å²) in [5, 5.41) is 10.7. The van der Waals surface area contributed by atoms with E-state index in [0.29, 0.717) is 31.5 Å². The fourth-order valence-electron chi connectivity index (χ4n) is 2.40. The summed E-state index contributed by atoms with van der Waals surface area (Å²) in [6, 6.07) is 6.06. The zero-order valence-electron chi connectivity index (χ0n) is 12.0. The lowest BCUT2D eigenvalue weighted by Gasteiger charge is -2.29. The highest BCUT2D eigenvalue weighted by atomic mass is 16.6. The Bertz CT molecular complexity index is 619. The molecule has 1 aliphatic heterocycles. The second kappa shape index (κ2) is 6.84. The maximum absolute atomic E-state index is 12.1. The standard InChI is InChI=1S/C15H17N3O4/c16-15(20)12-6-8-17(9-7-12)14(19)5-4-11-2-1-3-13(10-11)18(21)22/h1-5,10,12H,6-9H2,(H2,16,20). The number of nitro benzene ring substituents is 1. The molecule has 0 aromatic heterocycles. The largest absolute Gasteiger partial charge is 0.369 e. The third kappa shape index (κ3) is 3.91. The van der Waals surface area contributed by atoms with Crippen molar-refractivity contribution in [2.24, 2.45) is 11.7 Å². The Labute approximate surface area is 127 Å². The van der Waals surface area contributed by atoms with Crippen LogP contribution in [0.2, 0.25) is 0 Å². The number of nitrogens with zero attached hydrogens (tertiary/aromatic N) is 2. The molecule has 0 radical (unpaired) electrons. The van der Waals surface area contributed by atoms with Gasteiger partial charge in [-0.3, -0.25) is 19.7 Å². The van der Waals surface area contributed by atoms with Crippen molar-refractivity contribution in [2.75, 3.05) is 13.1 Å². The van der Waals surface area contributed by atoms with Crippen LogP contribution < -0.4 is 5.73 Å². The quantitative estimate of drug-likeness (QED) is 0.514. The number of nitrogens with two attached hydrogens (primary N) is 1. The molecule has 2 rings (SSSR count). The van der Waals surface area contributed by atoms with Crippen LogP contribution in [0.25, 0.3) is 6.08 Å². The monoisotopic (exact) mass is 303 g/mol. The van der Waals surface area contributed by atoms with Gasteiger partial charge in [-0.15, -0.1) is 0 Å². The highest BCUT2D eigenvalue weighted by molar-refractivity contribution is 5.92. The molecule has 1 aromatic carbocycles. The Hall–Kier alpha value is -2.70. The van der Waals surface area contributed by atoms with Gasteiger partial charge < -0.3 is 10.6 Å².